The molecule has 0 aliphatic heterocycles. The summed E-state index contributed by atoms with van der Waals surface area (Å²) in [7, 11) is 1.69. The minimum atomic E-state index is 0.913. The maximum atomic E-state index is 5.14. The monoisotopic (exact) mass is 276 g/mol. The first-order chi connectivity index (χ1) is 9.28. The molecule has 0 unspecified atom stereocenters. The van der Waals surface area contributed by atoms with Gasteiger partial charge in [-0.25, -0.2) is 4.98 Å². The van der Waals surface area contributed by atoms with Crippen molar-refractivity contribution in [3.8, 4) is 5.75 Å². The number of hydrogen-bond donors (Lipinski definition) is 1. The van der Waals surface area contributed by atoms with Crippen LogP contribution in [-0.2, 0) is 12.8 Å². The third-order valence-electron chi connectivity index (χ3n) is 2.97. The standard InChI is InChI=1S/C15H20N2OS/c1-12-17-14(11-19-12)8-10-16-9-7-13-3-5-15(18-2)6-4-13/h3-6,11,16H,7-10H2,1-2H3. The Morgan fingerprint density at radius 2 is 1.89 bits per heavy atom. The number of thiazole rings is 1. The van der Waals surface area contributed by atoms with Crippen LogP contribution in [0, 0.1) is 6.92 Å². The number of aromatic nitrogens is 1. The van der Waals surface area contributed by atoms with Gasteiger partial charge in [0.25, 0.3) is 0 Å². The van der Waals surface area contributed by atoms with Gasteiger partial charge in [0.15, 0.2) is 0 Å². The summed E-state index contributed by atoms with van der Waals surface area (Å²) in [6.07, 6.45) is 2.05. The maximum Gasteiger partial charge on any atom is 0.118 e. The second kappa shape index (κ2) is 7.26. The molecule has 0 aliphatic carbocycles. The molecule has 0 saturated heterocycles. The van der Waals surface area contributed by atoms with Crippen LogP contribution in [0.1, 0.15) is 16.3 Å². The molecule has 102 valence electrons. The van der Waals surface area contributed by atoms with Crippen LogP contribution >= 0.6 is 11.3 Å². The molecule has 0 radical (unpaired) electrons. The Kier molecular flexibility index (Phi) is 5.36. The Morgan fingerprint density at radius 1 is 1.16 bits per heavy atom. The lowest BCUT2D eigenvalue weighted by atomic mass is 10.1. The molecule has 1 heterocycles. The minimum Gasteiger partial charge on any atom is -0.497 e. The Balaban J connectivity index is 1.63. The van der Waals surface area contributed by atoms with Crippen molar-refractivity contribution < 1.29 is 4.74 Å². The molecule has 1 aromatic heterocycles. The van der Waals surface area contributed by atoms with Crippen LogP contribution in [0.25, 0.3) is 0 Å². The van der Waals surface area contributed by atoms with E-state index < -0.39 is 0 Å². The van der Waals surface area contributed by atoms with Gasteiger partial charge in [-0.3, -0.25) is 0 Å². The Bertz CT molecular complexity index is 493. The number of hydrogen-bond acceptors (Lipinski definition) is 4. The van der Waals surface area contributed by atoms with E-state index in [0.717, 1.165) is 36.7 Å². The molecule has 19 heavy (non-hydrogen) atoms. The number of nitrogens with one attached hydrogen (secondary N) is 1. The van der Waals surface area contributed by atoms with Gasteiger partial charge in [0.1, 0.15) is 5.75 Å². The molecule has 0 spiro atoms. The highest BCUT2D eigenvalue weighted by Gasteiger charge is 1.98. The van der Waals surface area contributed by atoms with Crippen molar-refractivity contribution in [2.45, 2.75) is 19.8 Å². The average Bonchev–Trinajstić information content (AvgIpc) is 2.85. The highest BCUT2D eigenvalue weighted by atomic mass is 32.1. The lowest BCUT2D eigenvalue weighted by Gasteiger charge is -2.05. The van der Waals surface area contributed by atoms with Gasteiger partial charge in [0.05, 0.1) is 17.8 Å². The normalized spacial score (nSPS) is 10.6. The number of rotatable bonds is 7. The average molecular weight is 276 g/mol. The van der Waals surface area contributed by atoms with Crippen molar-refractivity contribution in [3.63, 3.8) is 0 Å². The lowest BCUT2D eigenvalue weighted by Crippen LogP contribution is -2.20. The zero-order valence-corrected chi connectivity index (χ0v) is 12.3. The van der Waals surface area contributed by atoms with Crippen LogP contribution in [0.5, 0.6) is 5.75 Å². The van der Waals surface area contributed by atoms with Crippen molar-refractivity contribution in [1.29, 1.82) is 0 Å². The topological polar surface area (TPSA) is 34.1 Å². The fourth-order valence-corrected chi connectivity index (χ4v) is 2.54. The van der Waals surface area contributed by atoms with Crippen LogP contribution < -0.4 is 10.1 Å². The fourth-order valence-electron chi connectivity index (χ4n) is 1.89. The molecule has 3 nitrogen and oxygen atoms in total. The van der Waals surface area contributed by atoms with Crippen molar-refractivity contribution in [3.05, 3.63) is 45.9 Å². The third-order valence-corrected chi connectivity index (χ3v) is 3.80. The summed E-state index contributed by atoms with van der Waals surface area (Å²) in [5.74, 6) is 0.913. The largest absolute Gasteiger partial charge is 0.497 e. The fraction of sp³-hybridized carbons (Fsp3) is 0.400. The Morgan fingerprint density at radius 3 is 2.53 bits per heavy atom. The number of nitrogens with zero attached hydrogens (tertiary/aromatic N) is 1. The van der Waals surface area contributed by atoms with Gasteiger partial charge in [-0.05, 0) is 37.6 Å². The van der Waals surface area contributed by atoms with Crippen molar-refractivity contribution in [2.24, 2.45) is 0 Å². The SMILES string of the molecule is COc1ccc(CCNCCc2csc(C)n2)cc1. The Labute approximate surface area is 118 Å². The summed E-state index contributed by atoms with van der Waals surface area (Å²) < 4.78 is 5.14. The van der Waals surface area contributed by atoms with Crippen LogP contribution in [0.15, 0.2) is 29.6 Å². The summed E-state index contributed by atoms with van der Waals surface area (Å²) in [5.41, 5.74) is 2.53. The van der Waals surface area contributed by atoms with E-state index in [4.69, 9.17) is 4.74 Å². The van der Waals surface area contributed by atoms with E-state index in [2.05, 4.69) is 27.8 Å². The van der Waals surface area contributed by atoms with Crippen LogP contribution in [0.2, 0.25) is 0 Å². The molecule has 0 atom stereocenters. The summed E-state index contributed by atoms with van der Waals surface area (Å²) >= 11 is 1.72. The van der Waals surface area contributed by atoms with Crippen LogP contribution in [0.4, 0.5) is 0 Å². The van der Waals surface area contributed by atoms with Crippen molar-refractivity contribution in [2.75, 3.05) is 20.2 Å². The van der Waals surface area contributed by atoms with Gasteiger partial charge in [0.2, 0.25) is 0 Å². The predicted molar refractivity (Wildman–Crippen MR) is 80.1 cm³/mol. The molecule has 2 rings (SSSR count). The maximum absolute atomic E-state index is 5.14. The molecular formula is C15H20N2OS. The zero-order valence-electron chi connectivity index (χ0n) is 11.5. The number of ether oxygens (including phenoxy) is 1. The molecule has 1 N–H and O–H groups in total. The summed E-state index contributed by atoms with van der Waals surface area (Å²) in [6, 6.07) is 8.25. The molecule has 0 amide bonds. The molecule has 1 aromatic carbocycles. The van der Waals surface area contributed by atoms with Gasteiger partial charge in [-0.1, -0.05) is 12.1 Å². The van der Waals surface area contributed by atoms with Crippen molar-refractivity contribution >= 4 is 11.3 Å². The van der Waals surface area contributed by atoms with E-state index in [0.29, 0.717) is 0 Å². The molecule has 0 bridgehead atoms. The van der Waals surface area contributed by atoms with Gasteiger partial charge < -0.3 is 10.1 Å². The molecular weight excluding hydrogens is 256 g/mol. The lowest BCUT2D eigenvalue weighted by molar-refractivity contribution is 0.414. The van der Waals surface area contributed by atoms with E-state index in [9.17, 15) is 0 Å². The van der Waals surface area contributed by atoms with E-state index in [1.54, 1.807) is 18.4 Å². The second-order valence-corrected chi connectivity index (χ2v) is 5.52. The quantitative estimate of drug-likeness (QED) is 0.790. The molecule has 4 heteroatoms. The zero-order chi connectivity index (χ0) is 13.5. The predicted octanol–water partition coefficient (Wildman–Crippen LogP) is 2.83. The van der Waals surface area contributed by atoms with Gasteiger partial charge >= 0.3 is 0 Å². The molecule has 2 aromatic rings. The van der Waals surface area contributed by atoms with Gasteiger partial charge in [-0.15, -0.1) is 11.3 Å². The summed E-state index contributed by atoms with van der Waals surface area (Å²) in [4.78, 5) is 4.45. The molecule has 0 aliphatic rings. The molecule has 0 saturated carbocycles. The van der Waals surface area contributed by atoms with E-state index in [-0.39, 0.29) is 0 Å². The number of methoxy groups -OCH3 is 1. The van der Waals surface area contributed by atoms with Crippen molar-refractivity contribution in [1.82, 2.24) is 10.3 Å². The van der Waals surface area contributed by atoms with E-state index in [1.807, 2.05) is 19.1 Å². The number of benzene rings is 1. The first kappa shape index (κ1) is 14.0. The van der Waals surface area contributed by atoms with Gasteiger partial charge in [0, 0.05) is 18.3 Å². The summed E-state index contributed by atoms with van der Waals surface area (Å²) in [5, 5.41) is 6.74. The number of aryl methyl sites for hydroxylation is 1. The smallest absolute Gasteiger partial charge is 0.118 e. The minimum absolute atomic E-state index is 0.913. The van der Waals surface area contributed by atoms with Gasteiger partial charge in [-0.2, -0.15) is 0 Å². The van der Waals surface area contributed by atoms with Crippen LogP contribution in [-0.4, -0.2) is 25.2 Å². The molecule has 0 fully saturated rings. The highest BCUT2D eigenvalue weighted by molar-refractivity contribution is 7.09. The van der Waals surface area contributed by atoms with E-state index >= 15 is 0 Å². The van der Waals surface area contributed by atoms with E-state index in [1.165, 1.54) is 11.3 Å². The summed E-state index contributed by atoms with van der Waals surface area (Å²) in [6.45, 7) is 4.03. The second-order valence-electron chi connectivity index (χ2n) is 4.46. The van der Waals surface area contributed by atoms with Crippen LogP contribution in [0.3, 0.4) is 0 Å². The first-order valence-corrected chi connectivity index (χ1v) is 7.40. The third kappa shape index (κ3) is 4.65. The first-order valence-electron chi connectivity index (χ1n) is 6.52. The highest BCUT2D eigenvalue weighted by Crippen LogP contribution is 2.11. The Hall–Kier alpha value is -1.39.